The quantitative estimate of drug-likeness (QED) is 0.632. The number of carbonyl (C=O) groups is 2. The fourth-order valence-electron chi connectivity index (χ4n) is 2.98. The SMILES string of the molecule is CCOC(=O)C1(C)CCC(n2ncc(C(=O)Cl)c2C)CC1. The lowest BCUT2D eigenvalue weighted by Crippen LogP contribution is -2.35. The number of halogens is 1. The van der Waals surface area contributed by atoms with Gasteiger partial charge in [-0.3, -0.25) is 14.3 Å². The molecule has 5 nitrogen and oxygen atoms in total. The molecule has 1 fully saturated rings. The van der Waals surface area contributed by atoms with E-state index < -0.39 is 10.7 Å². The standard InChI is InChI=1S/C15H21ClN2O3/c1-4-21-14(20)15(3)7-5-11(6-8-15)18-10(2)12(9-17-18)13(16)19/h9,11H,4-8H2,1-3H3. The number of ether oxygens (including phenoxy) is 1. The first kappa shape index (κ1) is 16.0. The van der Waals surface area contributed by atoms with Crippen molar-refractivity contribution in [2.75, 3.05) is 6.61 Å². The van der Waals surface area contributed by atoms with Gasteiger partial charge in [0.1, 0.15) is 0 Å². The fourth-order valence-corrected chi connectivity index (χ4v) is 3.16. The van der Waals surface area contributed by atoms with Crippen LogP contribution in [0, 0.1) is 12.3 Å². The highest BCUT2D eigenvalue weighted by atomic mass is 35.5. The van der Waals surface area contributed by atoms with Gasteiger partial charge in [-0.1, -0.05) is 0 Å². The number of hydrogen-bond donors (Lipinski definition) is 0. The minimum Gasteiger partial charge on any atom is -0.466 e. The van der Waals surface area contributed by atoms with E-state index in [1.54, 1.807) is 0 Å². The van der Waals surface area contributed by atoms with Crippen LogP contribution in [0.25, 0.3) is 0 Å². The van der Waals surface area contributed by atoms with Gasteiger partial charge in [0, 0.05) is 5.69 Å². The summed E-state index contributed by atoms with van der Waals surface area (Å²) in [5.74, 6) is -0.114. The van der Waals surface area contributed by atoms with Crippen LogP contribution in [0.4, 0.5) is 0 Å². The lowest BCUT2D eigenvalue weighted by molar-refractivity contribution is -0.156. The van der Waals surface area contributed by atoms with E-state index in [0.717, 1.165) is 31.4 Å². The van der Waals surface area contributed by atoms with E-state index in [0.29, 0.717) is 12.2 Å². The molecule has 0 saturated heterocycles. The first-order valence-electron chi connectivity index (χ1n) is 7.30. The molecule has 1 aliphatic carbocycles. The van der Waals surface area contributed by atoms with Crippen molar-refractivity contribution in [3.05, 3.63) is 17.5 Å². The van der Waals surface area contributed by atoms with Gasteiger partial charge in [-0.2, -0.15) is 5.10 Å². The molecule has 1 aromatic rings. The molecule has 6 heteroatoms. The van der Waals surface area contributed by atoms with Crippen molar-refractivity contribution in [2.45, 2.75) is 52.5 Å². The van der Waals surface area contributed by atoms with E-state index in [1.807, 2.05) is 25.5 Å². The first-order chi connectivity index (χ1) is 9.89. The molecule has 0 spiro atoms. The fraction of sp³-hybridized carbons (Fsp3) is 0.667. The first-order valence-corrected chi connectivity index (χ1v) is 7.68. The molecule has 0 unspecified atom stereocenters. The Bertz CT molecular complexity index is 545. The average Bonchev–Trinajstić information content (AvgIpc) is 2.82. The maximum absolute atomic E-state index is 12.0. The molecule has 0 atom stereocenters. The van der Waals surface area contributed by atoms with Gasteiger partial charge >= 0.3 is 5.97 Å². The summed E-state index contributed by atoms with van der Waals surface area (Å²) in [4.78, 5) is 23.3. The Hall–Kier alpha value is -1.36. The monoisotopic (exact) mass is 312 g/mol. The number of hydrogen-bond acceptors (Lipinski definition) is 4. The number of esters is 1. The van der Waals surface area contributed by atoms with Gasteiger partial charge in [0.2, 0.25) is 0 Å². The number of aromatic nitrogens is 2. The van der Waals surface area contributed by atoms with Gasteiger partial charge in [-0.25, -0.2) is 0 Å². The Kier molecular flexibility index (Phi) is 4.71. The van der Waals surface area contributed by atoms with E-state index in [2.05, 4.69) is 5.10 Å². The molecular weight excluding hydrogens is 292 g/mol. The van der Waals surface area contributed by atoms with Gasteiger partial charge in [0.05, 0.1) is 29.8 Å². The van der Waals surface area contributed by atoms with Crippen LogP contribution in [0.15, 0.2) is 6.20 Å². The normalized spacial score (nSPS) is 25.6. The molecule has 0 radical (unpaired) electrons. The highest BCUT2D eigenvalue weighted by Crippen LogP contribution is 2.41. The molecule has 2 rings (SSSR count). The van der Waals surface area contributed by atoms with Crippen molar-refractivity contribution in [1.29, 1.82) is 0 Å². The van der Waals surface area contributed by atoms with Crippen molar-refractivity contribution < 1.29 is 14.3 Å². The van der Waals surface area contributed by atoms with E-state index in [1.165, 1.54) is 6.20 Å². The van der Waals surface area contributed by atoms with Crippen LogP contribution in [-0.4, -0.2) is 27.6 Å². The molecule has 1 aliphatic rings. The Morgan fingerprint density at radius 3 is 2.57 bits per heavy atom. The lowest BCUT2D eigenvalue weighted by atomic mass is 9.74. The molecule has 1 saturated carbocycles. The highest BCUT2D eigenvalue weighted by molar-refractivity contribution is 6.67. The molecule has 21 heavy (non-hydrogen) atoms. The predicted molar refractivity (Wildman–Crippen MR) is 79.4 cm³/mol. The summed E-state index contributed by atoms with van der Waals surface area (Å²) in [6, 6.07) is 0.206. The molecule has 0 bridgehead atoms. The second-order valence-electron chi connectivity index (χ2n) is 5.87. The molecule has 0 aromatic carbocycles. The topological polar surface area (TPSA) is 61.2 Å². The van der Waals surface area contributed by atoms with E-state index in [4.69, 9.17) is 16.3 Å². The largest absolute Gasteiger partial charge is 0.466 e. The van der Waals surface area contributed by atoms with Crippen LogP contribution in [0.3, 0.4) is 0 Å². The van der Waals surface area contributed by atoms with E-state index in [-0.39, 0.29) is 12.0 Å². The molecule has 0 amide bonds. The summed E-state index contributed by atoms with van der Waals surface area (Å²) >= 11 is 5.53. The number of carbonyl (C=O) groups excluding carboxylic acids is 2. The summed E-state index contributed by atoms with van der Waals surface area (Å²) in [5, 5.41) is 3.80. The molecule has 1 heterocycles. The third kappa shape index (κ3) is 3.12. The Morgan fingerprint density at radius 2 is 2.10 bits per heavy atom. The number of nitrogens with zero attached hydrogens (tertiary/aromatic N) is 2. The maximum Gasteiger partial charge on any atom is 0.311 e. The van der Waals surface area contributed by atoms with Crippen molar-refractivity contribution in [1.82, 2.24) is 9.78 Å². The Morgan fingerprint density at radius 1 is 1.48 bits per heavy atom. The summed E-state index contributed by atoms with van der Waals surface area (Å²) in [6.07, 6.45) is 4.73. The van der Waals surface area contributed by atoms with Crippen molar-refractivity contribution >= 4 is 22.8 Å². The van der Waals surface area contributed by atoms with Gasteiger partial charge < -0.3 is 4.74 Å². The van der Waals surface area contributed by atoms with Crippen LogP contribution in [0.2, 0.25) is 0 Å². The van der Waals surface area contributed by atoms with Crippen LogP contribution in [0.5, 0.6) is 0 Å². The van der Waals surface area contributed by atoms with Crippen LogP contribution in [0.1, 0.15) is 61.6 Å². The van der Waals surface area contributed by atoms with Gasteiger partial charge in [0.15, 0.2) is 0 Å². The molecule has 1 aromatic heterocycles. The van der Waals surface area contributed by atoms with Crippen molar-refractivity contribution in [2.24, 2.45) is 5.41 Å². The predicted octanol–water partition coefficient (Wildman–Crippen LogP) is 3.26. The Balaban J connectivity index is 2.08. The zero-order valence-corrected chi connectivity index (χ0v) is 13.4. The lowest BCUT2D eigenvalue weighted by Gasteiger charge is -2.35. The summed E-state index contributed by atoms with van der Waals surface area (Å²) < 4.78 is 7.02. The second-order valence-corrected chi connectivity index (χ2v) is 6.22. The minimum absolute atomic E-state index is 0.114. The zero-order chi connectivity index (χ0) is 15.6. The molecular formula is C15H21ClN2O3. The van der Waals surface area contributed by atoms with Crippen molar-refractivity contribution in [3.8, 4) is 0 Å². The minimum atomic E-state index is -0.481. The highest BCUT2D eigenvalue weighted by Gasteiger charge is 2.39. The average molecular weight is 313 g/mol. The summed E-state index contributed by atoms with van der Waals surface area (Å²) in [6.45, 7) is 6.05. The summed E-state index contributed by atoms with van der Waals surface area (Å²) in [5.41, 5.74) is 0.841. The Labute approximate surface area is 129 Å². The van der Waals surface area contributed by atoms with Gasteiger partial charge in [-0.05, 0) is 58.1 Å². The molecule has 0 N–H and O–H groups in total. The molecule has 116 valence electrons. The smallest absolute Gasteiger partial charge is 0.311 e. The van der Waals surface area contributed by atoms with Gasteiger partial charge in [-0.15, -0.1) is 0 Å². The van der Waals surface area contributed by atoms with Crippen LogP contribution in [-0.2, 0) is 9.53 Å². The summed E-state index contributed by atoms with van der Waals surface area (Å²) in [7, 11) is 0. The second kappa shape index (κ2) is 6.18. The van der Waals surface area contributed by atoms with Crippen LogP contribution >= 0.6 is 11.6 Å². The van der Waals surface area contributed by atoms with Crippen LogP contribution < -0.4 is 0 Å². The van der Waals surface area contributed by atoms with E-state index in [9.17, 15) is 9.59 Å². The van der Waals surface area contributed by atoms with Crippen molar-refractivity contribution in [3.63, 3.8) is 0 Å². The van der Waals surface area contributed by atoms with Gasteiger partial charge in [0.25, 0.3) is 5.24 Å². The maximum atomic E-state index is 12.0. The zero-order valence-electron chi connectivity index (χ0n) is 12.7. The third-order valence-corrected chi connectivity index (χ3v) is 4.63. The number of rotatable bonds is 4. The van der Waals surface area contributed by atoms with E-state index >= 15 is 0 Å². The molecule has 0 aliphatic heterocycles. The third-order valence-electron chi connectivity index (χ3n) is 4.43.